The molecule has 3 aromatic carbocycles. The van der Waals surface area contributed by atoms with Crippen LogP contribution in [0.1, 0.15) is 5.56 Å². The van der Waals surface area contributed by atoms with Crippen molar-refractivity contribution in [1.82, 2.24) is 0 Å². The minimum atomic E-state index is 0.495. The van der Waals surface area contributed by atoms with Crippen LogP contribution in [0.15, 0.2) is 78.9 Å². The molecular weight excluding hydrogens is 338 g/mol. The lowest BCUT2D eigenvalue weighted by Gasteiger charge is -2.11. The predicted octanol–water partition coefficient (Wildman–Crippen LogP) is 4.94. The van der Waals surface area contributed by atoms with E-state index in [0.29, 0.717) is 26.4 Å². The van der Waals surface area contributed by atoms with E-state index in [1.165, 1.54) is 5.56 Å². The Hall–Kier alpha value is -3.14. The maximum atomic E-state index is 5.76. The van der Waals surface area contributed by atoms with Gasteiger partial charge in [0.15, 0.2) is 0 Å². The third kappa shape index (κ3) is 6.59. The number of hydrogen-bond donors (Lipinski definition) is 1. The third-order valence-corrected chi connectivity index (χ3v) is 3.92. The summed E-state index contributed by atoms with van der Waals surface area (Å²) in [6.45, 7) is 4.38. The van der Waals surface area contributed by atoms with Crippen LogP contribution in [0.3, 0.4) is 0 Å². The van der Waals surface area contributed by atoms with Crippen LogP contribution in [-0.2, 0) is 0 Å². The topological polar surface area (TPSA) is 39.7 Å². The van der Waals surface area contributed by atoms with E-state index in [9.17, 15) is 0 Å². The van der Waals surface area contributed by atoms with Crippen molar-refractivity contribution in [1.29, 1.82) is 0 Å². The van der Waals surface area contributed by atoms with E-state index in [-0.39, 0.29) is 0 Å². The van der Waals surface area contributed by atoms with Crippen molar-refractivity contribution in [3.8, 4) is 17.2 Å². The second kappa shape index (κ2) is 10.1. The van der Waals surface area contributed by atoms with E-state index >= 15 is 0 Å². The standard InChI is InChI=1S/C23H25NO3/c1-19-10-12-22(13-11-19)25-15-14-24-20-6-5-9-23(18-20)27-17-16-26-21-7-3-2-4-8-21/h2-13,18,24H,14-17H2,1H3. The monoisotopic (exact) mass is 363 g/mol. The Balaban J connectivity index is 1.36. The molecule has 0 aliphatic carbocycles. The van der Waals surface area contributed by atoms with Gasteiger partial charge in [-0.1, -0.05) is 42.0 Å². The molecule has 0 saturated heterocycles. The SMILES string of the molecule is Cc1ccc(OCCNc2cccc(OCCOc3ccccc3)c2)cc1. The fraction of sp³-hybridized carbons (Fsp3) is 0.217. The first-order valence-electron chi connectivity index (χ1n) is 9.14. The number of nitrogens with one attached hydrogen (secondary N) is 1. The Morgan fingerprint density at radius 2 is 1.26 bits per heavy atom. The summed E-state index contributed by atoms with van der Waals surface area (Å²) in [5.74, 6) is 2.55. The molecule has 1 N–H and O–H groups in total. The van der Waals surface area contributed by atoms with Crippen molar-refractivity contribution in [2.75, 3.05) is 31.7 Å². The number of aryl methyl sites for hydroxylation is 1. The molecular formula is C23H25NO3. The second-order valence-corrected chi connectivity index (χ2v) is 6.13. The quantitative estimate of drug-likeness (QED) is 0.518. The highest BCUT2D eigenvalue weighted by molar-refractivity contribution is 5.48. The molecule has 0 heterocycles. The lowest BCUT2D eigenvalue weighted by Crippen LogP contribution is -2.12. The van der Waals surface area contributed by atoms with E-state index in [1.54, 1.807) is 0 Å². The number of rotatable bonds is 10. The van der Waals surface area contributed by atoms with Gasteiger partial charge < -0.3 is 19.5 Å². The number of hydrogen-bond acceptors (Lipinski definition) is 4. The van der Waals surface area contributed by atoms with Gasteiger partial charge in [0, 0.05) is 18.3 Å². The second-order valence-electron chi connectivity index (χ2n) is 6.13. The average Bonchev–Trinajstić information content (AvgIpc) is 2.71. The van der Waals surface area contributed by atoms with Gasteiger partial charge in [-0.3, -0.25) is 0 Å². The van der Waals surface area contributed by atoms with E-state index < -0.39 is 0 Å². The molecule has 140 valence electrons. The maximum absolute atomic E-state index is 5.76. The number of benzene rings is 3. The lowest BCUT2D eigenvalue weighted by atomic mass is 10.2. The summed E-state index contributed by atoms with van der Waals surface area (Å²) in [7, 11) is 0. The van der Waals surface area contributed by atoms with E-state index in [4.69, 9.17) is 14.2 Å². The molecule has 3 rings (SSSR count). The summed E-state index contributed by atoms with van der Waals surface area (Å²) in [4.78, 5) is 0. The number of anilines is 1. The zero-order valence-electron chi connectivity index (χ0n) is 15.6. The van der Waals surface area contributed by atoms with E-state index in [2.05, 4.69) is 12.2 Å². The van der Waals surface area contributed by atoms with Crippen molar-refractivity contribution >= 4 is 5.69 Å². The molecule has 3 aromatic rings. The summed E-state index contributed by atoms with van der Waals surface area (Å²) in [5.41, 5.74) is 2.23. The molecule has 0 spiro atoms. The average molecular weight is 363 g/mol. The van der Waals surface area contributed by atoms with Gasteiger partial charge in [-0.15, -0.1) is 0 Å². The van der Waals surface area contributed by atoms with E-state index in [1.807, 2.05) is 78.9 Å². The molecule has 0 aliphatic heterocycles. The first-order valence-corrected chi connectivity index (χ1v) is 9.14. The van der Waals surface area contributed by atoms with Crippen LogP contribution in [0.2, 0.25) is 0 Å². The molecule has 0 aromatic heterocycles. The van der Waals surface area contributed by atoms with Gasteiger partial charge >= 0.3 is 0 Å². The van der Waals surface area contributed by atoms with Gasteiger partial charge in [0.1, 0.15) is 37.1 Å². The number of para-hydroxylation sites is 1. The molecule has 4 nitrogen and oxygen atoms in total. The third-order valence-electron chi connectivity index (χ3n) is 3.92. The largest absolute Gasteiger partial charge is 0.492 e. The molecule has 0 unspecified atom stereocenters. The van der Waals surface area contributed by atoms with Gasteiger partial charge in [0.05, 0.1) is 0 Å². The normalized spacial score (nSPS) is 10.3. The van der Waals surface area contributed by atoms with Crippen LogP contribution in [0, 0.1) is 6.92 Å². The van der Waals surface area contributed by atoms with Crippen molar-refractivity contribution in [2.45, 2.75) is 6.92 Å². The van der Waals surface area contributed by atoms with Crippen LogP contribution >= 0.6 is 0 Å². The van der Waals surface area contributed by atoms with Gasteiger partial charge in [-0.2, -0.15) is 0 Å². The fourth-order valence-corrected chi connectivity index (χ4v) is 2.53. The Morgan fingerprint density at radius 3 is 2.04 bits per heavy atom. The van der Waals surface area contributed by atoms with Crippen LogP contribution in [0.25, 0.3) is 0 Å². The van der Waals surface area contributed by atoms with Gasteiger partial charge in [-0.05, 0) is 43.3 Å². The molecule has 0 fully saturated rings. The highest BCUT2D eigenvalue weighted by Crippen LogP contribution is 2.17. The van der Waals surface area contributed by atoms with Gasteiger partial charge in [0.2, 0.25) is 0 Å². The van der Waals surface area contributed by atoms with Gasteiger partial charge in [-0.25, -0.2) is 0 Å². The first kappa shape index (κ1) is 18.6. The Bertz CT molecular complexity index is 803. The summed E-state index contributed by atoms with van der Waals surface area (Å²) < 4.78 is 17.1. The van der Waals surface area contributed by atoms with Crippen LogP contribution in [0.4, 0.5) is 5.69 Å². The Morgan fingerprint density at radius 1 is 0.630 bits per heavy atom. The maximum Gasteiger partial charge on any atom is 0.122 e. The zero-order valence-corrected chi connectivity index (χ0v) is 15.6. The molecule has 0 bridgehead atoms. The summed E-state index contributed by atoms with van der Waals surface area (Å²) in [6.07, 6.45) is 0. The lowest BCUT2D eigenvalue weighted by molar-refractivity contribution is 0.217. The highest BCUT2D eigenvalue weighted by Gasteiger charge is 1.99. The molecule has 0 saturated carbocycles. The van der Waals surface area contributed by atoms with Crippen LogP contribution in [-0.4, -0.2) is 26.4 Å². The summed E-state index contributed by atoms with van der Waals surface area (Å²) in [6, 6.07) is 25.7. The molecule has 0 aliphatic rings. The van der Waals surface area contributed by atoms with Gasteiger partial charge in [0.25, 0.3) is 0 Å². The van der Waals surface area contributed by atoms with Crippen LogP contribution in [0.5, 0.6) is 17.2 Å². The van der Waals surface area contributed by atoms with Crippen LogP contribution < -0.4 is 19.5 Å². The minimum absolute atomic E-state index is 0.495. The van der Waals surface area contributed by atoms with Crippen molar-refractivity contribution in [3.63, 3.8) is 0 Å². The smallest absolute Gasteiger partial charge is 0.122 e. The first-order chi connectivity index (χ1) is 13.3. The molecule has 0 amide bonds. The van der Waals surface area contributed by atoms with Crippen molar-refractivity contribution in [2.24, 2.45) is 0 Å². The minimum Gasteiger partial charge on any atom is -0.492 e. The fourth-order valence-electron chi connectivity index (χ4n) is 2.53. The molecule has 27 heavy (non-hydrogen) atoms. The predicted molar refractivity (Wildman–Crippen MR) is 109 cm³/mol. The summed E-state index contributed by atoms with van der Waals surface area (Å²) >= 11 is 0. The molecule has 4 heteroatoms. The summed E-state index contributed by atoms with van der Waals surface area (Å²) in [5, 5.41) is 3.35. The molecule has 0 atom stereocenters. The number of ether oxygens (including phenoxy) is 3. The Kier molecular flexibility index (Phi) is 6.99. The zero-order chi connectivity index (χ0) is 18.7. The molecule has 0 radical (unpaired) electrons. The van der Waals surface area contributed by atoms with E-state index in [0.717, 1.165) is 22.9 Å². The Labute approximate surface area is 160 Å². The highest BCUT2D eigenvalue weighted by atomic mass is 16.5. The van der Waals surface area contributed by atoms with Crippen molar-refractivity contribution in [3.05, 3.63) is 84.4 Å². The van der Waals surface area contributed by atoms with Crippen molar-refractivity contribution < 1.29 is 14.2 Å².